The molecule has 2 heterocycles. The third-order valence-electron chi connectivity index (χ3n) is 2.27. The van der Waals surface area contributed by atoms with Gasteiger partial charge < -0.3 is 9.67 Å². The highest BCUT2D eigenvalue weighted by Gasteiger charge is 2.16. The van der Waals surface area contributed by atoms with Crippen molar-refractivity contribution in [1.82, 2.24) is 14.5 Å². The molecule has 5 nitrogen and oxygen atoms in total. The predicted octanol–water partition coefficient (Wildman–Crippen LogP) is 2.03. The minimum atomic E-state index is -0.984. The van der Waals surface area contributed by atoms with Gasteiger partial charge in [-0.15, -0.1) is 11.3 Å². The lowest BCUT2D eigenvalue weighted by Gasteiger charge is -2.00. The van der Waals surface area contributed by atoms with E-state index in [9.17, 15) is 4.79 Å². The van der Waals surface area contributed by atoms with E-state index in [4.69, 9.17) is 5.11 Å². The van der Waals surface area contributed by atoms with Crippen LogP contribution in [0.3, 0.4) is 0 Å². The predicted molar refractivity (Wildman–Crippen MR) is 60.7 cm³/mol. The minimum Gasteiger partial charge on any atom is -0.476 e. The molecule has 1 N–H and O–H groups in total. The van der Waals surface area contributed by atoms with Gasteiger partial charge in [-0.05, 0) is 13.8 Å². The molecule has 16 heavy (non-hydrogen) atoms. The second-order valence-electron chi connectivity index (χ2n) is 3.29. The second kappa shape index (κ2) is 4.05. The lowest BCUT2D eigenvalue weighted by molar-refractivity contribution is 0.0690. The molecule has 2 rings (SSSR count). The molecule has 0 bridgehead atoms. The minimum absolute atomic E-state index is 0.129. The van der Waals surface area contributed by atoms with Crippen molar-refractivity contribution in [2.45, 2.75) is 20.4 Å². The summed E-state index contributed by atoms with van der Waals surface area (Å²) in [5.74, 6) is -0.984. The zero-order chi connectivity index (χ0) is 11.7. The van der Waals surface area contributed by atoms with Crippen LogP contribution < -0.4 is 0 Å². The van der Waals surface area contributed by atoms with Crippen molar-refractivity contribution < 1.29 is 9.90 Å². The van der Waals surface area contributed by atoms with Gasteiger partial charge in [-0.25, -0.2) is 14.8 Å². The first-order valence-corrected chi connectivity index (χ1v) is 5.66. The molecule has 0 aliphatic heterocycles. The summed E-state index contributed by atoms with van der Waals surface area (Å²) in [4.78, 5) is 19.7. The smallest absolute Gasteiger partial charge is 0.355 e. The molecule has 0 saturated heterocycles. The van der Waals surface area contributed by atoms with Gasteiger partial charge in [0.05, 0.1) is 18.2 Å². The average Bonchev–Trinajstić information content (AvgIpc) is 2.82. The number of aryl methyl sites for hydroxylation is 2. The van der Waals surface area contributed by atoms with Crippen molar-refractivity contribution in [3.8, 4) is 10.7 Å². The Morgan fingerprint density at radius 3 is 2.94 bits per heavy atom. The molecule has 6 heteroatoms. The zero-order valence-electron chi connectivity index (χ0n) is 8.97. The summed E-state index contributed by atoms with van der Waals surface area (Å²) in [6.45, 7) is 4.55. The molecule has 0 aliphatic rings. The summed E-state index contributed by atoms with van der Waals surface area (Å²) >= 11 is 1.38. The van der Waals surface area contributed by atoms with E-state index in [2.05, 4.69) is 9.97 Å². The first-order valence-electron chi connectivity index (χ1n) is 4.84. The quantitative estimate of drug-likeness (QED) is 0.886. The zero-order valence-corrected chi connectivity index (χ0v) is 9.78. The largest absolute Gasteiger partial charge is 0.476 e. The van der Waals surface area contributed by atoms with Crippen LogP contribution in [0.4, 0.5) is 0 Å². The number of rotatable bonds is 3. The molecule has 84 valence electrons. The summed E-state index contributed by atoms with van der Waals surface area (Å²) in [6.07, 6.45) is 3.42. The molecule has 0 aromatic carbocycles. The number of hydrogen-bond acceptors (Lipinski definition) is 4. The molecule has 0 saturated carbocycles. The van der Waals surface area contributed by atoms with Crippen LogP contribution in [0.25, 0.3) is 10.7 Å². The number of carboxylic acid groups (broad SMARTS) is 1. The van der Waals surface area contributed by atoms with Crippen LogP contribution in [-0.4, -0.2) is 25.6 Å². The Balaban J connectivity index is 2.49. The normalized spacial score (nSPS) is 10.6. The van der Waals surface area contributed by atoms with Gasteiger partial charge in [0.25, 0.3) is 0 Å². The van der Waals surface area contributed by atoms with Crippen molar-refractivity contribution in [1.29, 1.82) is 0 Å². The average molecular weight is 237 g/mol. The molecule has 0 spiro atoms. The molecule has 0 radical (unpaired) electrons. The molecule has 2 aromatic heterocycles. The molecule has 0 unspecified atom stereocenters. The van der Waals surface area contributed by atoms with E-state index in [1.165, 1.54) is 11.3 Å². The number of thiazole rings is 1. The van der Waals surface area contributed by atoms with Crippen molar-refractivity contribution in [2.24, 2.45) is 0 Å². The topological polar surface area (TPSA) is 68.0 Å². The standard InChI is InChI=1S/C10H11N3O2S/c1-3-13-5-11-4-7(13)9-12-8(10(14)15)6(2)16-9/h4-5H,3H2,1-2H3,(H,14,15). The summed E-state index contributed by atoms with van der Waals surface area (Å²) in [5.41, 5.74) is 0.993. The maximum absolute atomic E-state index is 10.9. The SMILES string of the molecule is CCn1cncc1-c1nc(C(=O)O)c(C)s1. The monoisotopic (exact) mass is 237 g/mol. The highest BCUT2D eigenvalue weighted by atomic mass is 32.1. The Hall–Kier alpha value is -1.69. The lowest BCUT2D eigenvalue weighted by atomic mass is 10.4. The number of hydrogen-bond donors (Lipinski definition) is 1. The van der Waals surface area contributed by atoms with Crippen molar-refractivity contribution in [3.05, 3.63) is 23.1 Å². The first kappa shape index (κ1) is 10.8. The number of aromatic nitrogens is 3. The molecular weight excluding hydrogens is 226 g/mol. The van der Waals surface area contributed by atoms with Crippen LogP contribution >= 0.6 is 11.3 Å². The fourth-order valence-corrected chi connectivity index (χ4v) is 2.39. The van der Waals surface area contributed by atoms with E-state index in [-0.39, 0.29) is 5.69 Å². The molecule has 0 atom stereocenters. The number of imidazole rings is 1. The van der Waals surface area contributed by atoms with Crippen LogP contribution in [0.1, 0.15) is 22.3 Å². The molecule has 0 aliphatic carbocycles. The highest BCUT2D eigenvalue weighted by molar-refractivity contribution is 7.15. The second-order valence-corrected chi connectivity index (χ2v) is 4.50. The van der Waals surface area contributed by atoms with E-state index in [1.54, 1.807) is 19.4 Å². The van der Waals surface area contributed by atoms with Crippen molar-refractivity contribution >= 4 is 17.3 Å². The lowest BCUT2D eigenvalue weighted by Crippen LogP contribution is -1.99. The van der Waals surface area contributed by atoms with Gasteiger partial charge in [-0.2, -0.15) is 0 Å². The first-order chi connectivity index (χ1) is 7.63. The fourth-order valence-electron chi connectivity index (χ4n) is 1.46. The third kappa shape index (κ3) is 1.71. The van der Waals surface area contributed by atoms with Gasteiger partial charge >= 0.3 is 5.97 Å². The number of aromatic carboxylic acids is 1. The van der Waals surface area contributed by atoms with Crippen LogP contribution in [-0.2, 0) is 6.54 Å². The summed E-state index contributed by atoms with van der Waals surface area (Å²) in [5, 5.41) is 9.63. The van der Waals surface area contributed by atoms with Gasteiger partial charge in [-0.1, -0.05) is 0 Å². The highest BCUT2D eigenvalue weighted by Crippen LogP contribution is 2.27. The van der Waals surface area contributed by atoms with E-state index >= 15 is 0 Å². The third-order valence-corrected chi connectivity index (χ3v) is 3.26. The van der Waals surface area contributed by atoms with Crippen LogP contribution in [0, 0.1) is 6.92 Å². The Morgan fingerprint density at radius 1 is 1.62 bits per heavy atom. The molecule has 0 fully saturated rings. The fraction of sp³-hybridized carbons (Fsp3) is 0.300. The van der Waals surface area contributed by atoms with E-state index in [0.717, 1.165) is 12.2 Å². The Bertz CT molecular complexity index is 530. The number of nitrogens with zero attached hydrogens (tertiary/aromatic N) is 3. The Kier molecular flexibility index (Phi) is 2.74. The summed E-state index contributed by atoms with van der Waals surface area (Å²) < 4.78 is 1.93. The van der Waals surface area contributed by atoms with E-state index < -0.39 is 5.97 Å². The van der Waals surface area contributed by atoms with Crippen LogP contribution in [0.2, 0.25) is 0 Å². The van der Waals surface area contributed by atoms with Gasteiger partial charge in [0.1, 0.15) is 5.01 Å². The maximum Gasteiger partial charge on any atom is 0.355 e. The molecule has 0 amide bonds. The van der Waals surface area contributed by atoms with Gasteiger partial charge in [-0.3, -0.25) is 0 Å². The molecular formula is C10H11N3O2S. The Morgan fingerprint density at radius 2 is 2.38 bits per heavy atom. The van der Waals surface area contributed by atoms with Crippen LogP contribution in [0.15, 0.2) is 12.5 Å². The van der Waals surface area contributed by atoms with E-state index in [1.807, 2.05) is 11.5 Å². The van der Waals surface area contributed by atoms with Gasteiger partial charge in [0.2, 0.25) is 0 Å². The van der Waals surface area contributed by atoms with E-state index in [0.29, 0.717) is 9.88 Å². The Labute approximate surface area is 96.4 Å². The van der Waals surface area contributed by atoms with Gasteiger partial charge in [0.15, 0.2) is 5.69 Å². The maximum atomic E-state index is 10.9. The van der Waals surface area contributed by atoms with Crippen LogP contribution in [0.5, 0.6) is 0 Å². The molecule has 2 aromatic rings. The summed E-state index contributed by atoms with van der Waals surface area (Å²) in [7, 11) is 0. The van der Waals surface area contributed by atoms with Gasteiger partial charge in [0, 0.05) is 11.4 Å². The number of carbonyl (C=O) groups is 1. The van der Waals surface area contributed by atoms with Crippen molar-refractivity contribution in [3.63, 3.8) is 0 Å². The summed E-state index contributed by atoms with van der Waals surface area (Å²) in [6, 6.07) is 0. The number of carboxylic acids is 1. The van der Waals surface area contributed by atoms with Crippen molar-refractivity contribution in [2.75, 3.05) is 0 Å².